The maximum absolute atomic E-state index is 12.7. The minimum atomic E-state index is -0.0984. The number of carbonyl (C=O) groups is 1. The standard InChI is InChI=1S/C15H20N4O3/c1-4-12-17-18-14(22-12)11-6-5-7-19(9(11)2)15(20)13-10(3)21-8-16-13/h8-9,11H,4-7H2,1-3H3/t9-,11-/m0/s1. The molecule has 0 aliphatic carbocycles. The molecule has 2 atom stereocenters. The average molecular weight is 304 g/mol. The lowest BCUT2D eigenvalue weighted by Gasteiger charge is -2.37. The number of aryl methyl sites for hydroxylation is 2. The van der Waals surface area contributed by atoms with Crippen LogP contribution in [0.1, 0.15) is 60.6 Å². The Labute approximate surface area is 128 Å². The minimum absolute atomic E-state index is 0.0116. The fourth-order valence-corrected chi connectivity index (χ4v) is 2.97. The van der Waals surface area contributed by atoms with Crippen LogP contribution in [0.2, 0.25) is 0 Å². The number of hydrogen-bond acceptors (Lipinski definition) is 6. The Morgan fingerprint density at radius 2 is 2.27 bits per heavy atom. The van der Waals surface area contributed by atoms with Gasteiger partial charge in [-0.05, 0) is 26.7 Å². The Balaban J connectivity index is 1.82. The van der Waals surface area contributed by atoms with Gasteiger partial charge in [0.1, 0.15) is 5.76 Å². The second-order valence-corrected chi connectivity index (χ2v) is 5.63. The summed E-state index contributed by atoms with van der Waals surface area (Å²) < 4.78 is 10.8. The number of carbonyl (C=O) groups excluding carboxylic acids is 1. The predicted octanol–water partition coefficient (Wildman–Crippen LogP) is 2.34. The van der Waals surface area contributed by atoms with E-state index in [4.69, 9.17) is 8.83 Å². The van der Waals surface area contributed by atoms with E-state index >= 15 is 0 Å². The summed E-state index contributed by atoms with van der Waals surface area (Å²) in [6, 6.07) is -0.0116. The third-order valence-electron chi connectivity index (χ3n) is 4.30. The van der Waals surface area contributed by atoms with E-state index in [1.54, 1.807) is 6.92 Å². The maximum Gasteiger partial charge on any atom is 0.276 e. The van der Waals surface area contributed by atoms with Crippen molar-refractivity contribution in [2.24, 2.45) is 0 Å². The Morgan fingerprint density at radius 3 is 2.91 bits per heavy atom. The van der Waals surface area contributed by atoms with Crippen LogP contribution in [0.15, 0.2) is 15.2 Å². The van der Waals surface area contributed by atoms with Crippen molar-refractivity contribution >= 4 is 5.91 Å². The minimum Gasteiger partial charge on any atom is -0.448 e. The van der Waals surface area contributed by atoms with Crippen LogP contribution >= 0.6 is 0 Å². The van der Waals surface area contributed by atoms with Crippen molar-refractivity contribution in [3.05, 3.63) is 29.6 Å². The molecule has 1 fully saturated rings. The topological polar surface area (TPSA) is 85.3 Å². The van der Waals surface area contributed by atoms with Crippen LogP contribution in [0.3, 0.4) is 0 Å². The van der Waals surface area contributed by atoms with Crippen LogP contribution in [0.25, 0.3) is 0 Å². The monoisotopic (exact) mass is 304 g/mol. The van der Waals surface area contributed by atoms with Gasteiger partial charge in [0.15, 0.2) is 12.1 Å². The third kappa shape index (κ3) is 2.51. The second-order valence-electron chi connectivity index (χ2n) is 5.63. The zero-order chi connectivity index (χ0) is 15.7. The molecule has 3 rings (SSSR count). The van der Waals surface area contributed by atoms with Crippen LogP contribution in [0.4, 0.5) is 0 Å². The molecule has 2 aromatic heterocycles. The van der Waals surface area contributed by atoms with Crippen LogP contribution in [0.5, 0.6) is 0 Å². The number of oxazole rings is 1. The summed E-state index contributed by atoms with van der Waals surface area (Å²) in [6.45, 7) is 6.45. The smallest absolute Gasteiger partial charge is 0.276 e. The lowest BCUT2D eigenvalue weighted by atomic mass is 9.90. The first-order valence-corrected chi connectivity index (χ1v) is 7.65. The molecule has 7 nitrogen and oxygen atoms in total. The summed E-state index contributed by atoms with van der Waals surface area (Å²) in [5, 5.41) is 8.18. The molecule has 0 N–H and O–H groups in total. The number of piperidine rings is 1. The molecule has 1 saturated heterocycles. The average Bonchev–Trinajstić information content (AvgIpc) is 3.15. The molecule has 1 aliphatic heterocycles. The fraction of sp³-hybridized carbons (Fsp3) is 0.600. The number of hydrogen-bond donors (Lipinski definition) is 0. The molecule has 2 aromatic rings. The second kappa shape index (κ2) is 5.90. The van der Waals surface area contributed by atoms with Gasteiger partial charge in [-0.2, -0.15) is 0 Å². The van der Waals surface area contributed by atoms with E-state index < -0.39 is 0 Å². The number of rotatable bonds is 3. The molecule has 0 bridgehead atoms. The summed E-state index contributed by atoms with van der Waals surface area (Å²) in [5.41, 5.74) is 0.382. The van der Waals surface area contributed by atoms with Gasteiger partial charge in [-0.3, -0.25) is 4.79 Å². The first-order chi connectivity index (χ1) is 10.6. The zero-order valence-corrected chi connectivity index (χ0v) is 13.1. The van der Waals surface area contributed by atoms with E-state index in [9.17, 15) is 4.79 Å². The van der Waals surface area contributed by atoms with Crippen molar-refractivity contribution < 1.29 is 13.6 Å². The first kappa shape index (κ1) is 14.7. The van der Waals surface area contributed by atoms with Gasteiger partial charge in [-0.15, -0.1) is 10.2 Å². The fourth-order valence-electron chi connectivity index (χ4n) is 2.97. The molecule has 22 heavy (non-hydrogen) atoms. The highest BCUT2D eigenvalue weighted by Gasteiger charge is 2.36. The Kier molecular flexibility index (Phi) is 3.96. The molecule has 0 radical (unpaired) electrons. The molecule has 1 amide bonds. The largest absolute Gasteiger partial charge is 0.448 e. The summed E-state index contributed by atoms with van der Waals surface area (Å²) >= 11 is 0. The quantitative estimate of drug-likeness (QED) is 0.865. The third-order valence-corrected chi connectivity index (χ3v) is 4.30. The highest BCUT2D eigenvalue weighted by Crippen LogP contribution is 2.32. The van der Waals surface area contributed by atoms with Gasteiger partial charge in [-0.25, -0.2) is 4.98 Å². The van der Waals surface area contributed by atoms with Crippen molar-refractivity contribution in [1.29, 1.82) is 0 Å². The Bertz CT molecular complexity index is 663. The maximum atomic E-state index is 12.7. The summed E-state index contributed by atoms with van der Waals surface area (Å²) in [5.74, 6) is 1.78. The molecule has 7 heteroatoms. The lowest BCUT2D eigenvalue weighted by molar-refractivity contribution is 0.0575. The predicted molar refractivity (Wildman–Crippen MR) is 77.4 cm³/mol. The van der Waals surface area contributed by atoms with Gasteiger partial charge in [-0.1, -0.05) is 6.92 Å². The summed E-state index contributed by atoms with van der Waals surface area (Å²) in [6.07, 6.45) is 3.87. The molecular formula is C15H20N4O3. The van der Waals surface area contributed by atoms with Crippen molar-refractivity contribution in [3.8, 4) is 0 Å². The number of amides is 1. The molecule has 3 heterocycles. The summed E-state index contributed by atoms with van der Waals surface area (Å²) in [4.78, 5) is 18.5. The number of aromatic nitrogens is 3. The molecule has 0 saturated carbocycles. The van der Waals surface area contributed by atoms with E-state index in [2.05, 4.69) is 15.2 Å². The SMILES string of the molecule is CCc1nnc([C@H]2CCCN(C(=O)c3ncoc3C)[C@H]2C)o1. The van der Waals surface area contributed by atoms with Crippen molar-refractivity contribution in [1.82, 2.24) is 20.1 Å². The lowest BCUT2D eigenvalue weighted by Crippen LogP contribution is -2.46. The van der Waals surface area contributed by atoms with Crippen LogP contribution < -0.4 is 0 Å². The van der Waals surface area contributed by atoms with Gasteiger partial charge in [0.2, 0.25) is 11.8 Å². The number of likely N-dealkylation sites (tertiary alicyclic amines) is 1. The highest BCUT2D eigenvalue weighted by atomic mass is 16.4. The molecular weight excluding hydrogens is 284 g/mol. The van der Waals surface area contributed by atoms with Crippen LogP contribution in [-0.4, -0.2) is 38.6 Å². The Morgan fingerprint density at radius 1 is 1.45 bits per heavy atom. The van der Waals surface area contributed by atoms with Crippen molar-refractivity contribution in [2.45, 2.75) is 52.0 Å². The zero-order valence-electron chi connectivity index (χ0n) is 13.1. The van der Waals surface area contributed by atoms with Gasteiger partial charge >= 0.3 is 0 Å². The van der Waals surface area contributed by atoms with Gasteiger partial charge < -0.3 is 13.7 Å². The highest BCUT2D eigenvalue weighted by molar-refractivity contribution is 5.93. The van der Waals surface area contributed by atoms with E-state index in [1.165, 1.54) is 6.39 Å². The summed E-state index contributed by atoms with van der Waals surface area (Å²) in [7, 11) is 0. The first-order valence-electron chi connectivity index (χ1n) is 7.65. The van der Waals surface area contributed by atoms with E-state index in [0.29, 0.717) is 29.8 Å². The van der Waals surface area contributed by atoms with Crippen molar-refractivity contribution in [3.63, 3.8) is 0 Å². The van der Waals surface area contributed by atoms with E-state index in [0.717, 1.165) is 19.3 Å². The van der Waals surface area contributed by atoms with E-state index in [1.807, 2.05) is 18.7 Å². The van der Waals surface area contributed by atoms with Gasteiger partial charge in [0.25, 0.3) is 5.91 Å². The molecule has 0 aromatic carbocycles. The normalized spacial score (nSPS) is 22.0. The van der Waals surface area contributed by atoms with Gasteiger partial charge in [0, 0.05) is 19.0 Å². The molecule has 1 aliphatic rings. The Hall–Kier alpha value is -2.18. The van der Waals surface area contributed by atoms with Crippen LogP contribution in [0, 0.1) is 6.92 Å². The molecule has 0 unspecified atom stereocenters. The molecule has 118 valence electrons. The number of nitrogens with zero attached hydrogens (tertiary/aromatic N) is 4. The van der Waals surface area contributed by atoms with Gasteiger partial charge in [0.05, 0.1) is 5.92 Å². The van der Waals surface area contributed by atoms with E-state index in [-0.39, 0.29) is 17.9 Å². The van der Waals surface area contributed by atoms with Crippen molar-refractivity contribution in [2.75, 3.05) is 6.54 Å². The molecule has 0 spiro atoms. The van der Waals surface area contributed by atoms with Crippen LogP contribution in [-0.2, 0) is 6.42 Å².